The lowest BCUT2D eigenvalue weighted by Crippen LogP contribution is -2.14. The molecule has 0 fully saturated rings. The molecule has 0 aliphatic heterocycles. The molecule has 0 aliphatic rings. The molecular weight excluding hydrogens is 420 g/mol. The summed E-state index contributed by atoms with van der Waals surface area (Å²) in [7, 11) is 0. The maximum atomic E-state index is 12.2. The molecule has 29 heavy (non-hydrogen) atoms. The summed E-state index contributed by atoms with van der Waals surface area (Å²) in [5.41, 5.74) is 5.26. The number of aryl methyl sites for hydroxylation is 1. The number of hydrogen-bond acceptors (Lipinski definition) is 4. The Morgan fingerprint density at radius 1 is 1.07 bits per heavy atom. The number of thioether (sulfide) groups is 1. The van der Waals surface area contributed by atoms with E-state index in [0.29, 0.717) is 5.75 Å². The number of rotatable bonds is 6. The van der Waals surface area contributed by atoms with E-state index in [1.807, 2.05) is 48.5 Å². The zero-order valence-corrected chi connectivity index (χ0v) is 18.2. The molecule has 1 amide bonds. The second-order valence-corrected chi connectivity index (χ2v) is 9.19. The van der Waals surface area contributed by atoms with Crippen molar-refractivity contribution in [3.05, 3.63) is 82.9 Å². The van der Waals surface area contributed by atoms with Gasteiger partial charge in [0.2, 0.25) is 5.91 Å². The van der Waals surface area contributed by atoms with Crippen molar-refractivity contribution in [3.63, 3.8) is 0 Å². The van der Waals surface area contributed by atoms with Gasteiger partial charge in [0.1, 0.15) is 5.01 Å². The topological polar surface area (TPSA) is 42.0 Å². The number of carbonyl (C=O) groups is 1. The van der Waals surface area contributed by atoms with Gasteiger partial charge in [0.05, 0.1) is 16.0 Å². The Bertz CT molecular complexity index is 1140. The molecule has 0 spiro atoms. The van der Waals surface area contributed by atoms with Crippen LogP contribution in [0.3, 0.4) is 0 Å². The third kappa shape index (κ3) is 5.18. The Morgan fingerprint density at radius 3 is 2.59 bits per heavy atom. The minimum absolute atomic E-state index is 0.00724. The lowest BCUT2D eigenvalue weighted by atomic mass is 10.2. The summed E-state index contributed by atoms with van der Waals surface area (Å²) in [5, 5.41) is 4.66. The third-order valence-corrected chi connectivity index (χ3v) is 6.70. The monoisotopic (exact) mass is 438 g/mol. The minimum atomic E-state index is -0.00724. The van der Waals surface area contributed by atoms with Crippen LogP contribution < -0.4 is 5.32 Å². The number of aromatic nitrogens is 1. The highest BCUT2D eigenvalue weighted by Crippen LogP contribution is 2.31. The molecular formula is C23H19ClN2OS2. The number of anilines is 1. The van der Waals surface area contributed by atoms with Gasteiger partial charge in [-0.2, -0.15) is 0 Å². The zero-order chi connectivity index (χ0) is 20.2. The molecule has 1 heterocycles. The molecule has 0 atom stereocenters. The van der Waals surface area contributed by atoms with E-state index >= 15 is 0 Å². The normalized spacial score (nSPS) is 11.0. The molecule has 3 nitrogen and oxygen atoms in total. The minimum Gasteiger partial charge on any atom is -0.325 e. The van der Waals surface area contributed by atoms with E-state index in [-0.39, 0.29) is 5.91 Å². The molecule has 0 bridgehead atoms. The number of nitrogens with one attached hydrogen (secondary N) is 1. The number of benzene rings is 3. The van der Waals surface area contributed by atoms with E-state index in [2.05, 4.69) is 30.4 Å². The molecule has 4 rings (SSSR count). The summed E-state index contributed by atoms with van der Waals surface area (Å²) in [6.07, 6.45) is 0. The van der Waals surface area contributed by atoms with Gasteiger partial charge in [-0.15, -0.1) is 23.1 Å². The van der Waals surface area contributed by atoms with Gasteiger partial charge in [0.25, 0.3) is 0 Å². The molecule has 1 N–H and O–H groups in total. The van der Waals surface area contributed by atoms with Crippen molar-refractivity contribution in [1.29, 1.82) is 0 Å². The van der Waals surface area contributed by atoms with Gasteiger partial charge in [-0.25, -0.2) is 4.98 Å². The molecule has 6 heteroatoms. The largest absolute Gasteiger partial charge is 0.325 e. The van der Waals surface area contributed by atoms with Crippen LogP contribution in [0.5, 0.6) is 0 Å². The number of nitrogens with zero attached hydrogens (tertiary/aromatic N) is 1. The van der Waals surface area contributed by atoms with E-state index in [4.69, 9.17) is 16.6 Å². The number of hydrogen-bond donors (Lipinski definition) is 1. The van der Waals surface area contributed by atoms with Gasteiger partial charge in [0.15, 0.2) is 0 Å². The van der Waals surface area contributed by atoms with Crippen LogP contribution in [-0.4, -0.2) is 16.6 Å². The third-order valence-electron chi connectivity index (χ3n) is 4.37. The Labute approximate surface area is 183 Å². The van der Waals surface area contributed by atoms with Crippen molar-refractivity contribution in [1.82, 2.24) is 4.98 Å². The van der Waals surface area contributed by atoms with Crippen LogP contribution in [0.4, 0.5) is 5.69 Å². The Balaban J connectivity index is 1.33. The second-order valence-electron chi connectivity index (χ2n) is 6.73. The maximum Gasteiger partial charge on any atom is 0.234 e. The quantitative estimate of drug-likeness (QED) is 0.360. The van der Waals surface area contributed by atoms with Gasteiger partial charge >= 0.3 is 0 Å². The smallest absolute Gasteiger partial charge is 0.234 e. The summed E-state index contributed by atoms with van der Waals surface area (Å²) >= 11 is 9.15. The fourth-order valence-electron chi connectivity index (χ4n) is 2.89. The summed E-state index contributed by atoms with van der Waals surface area (Å²) in [4.78, 5) is 16.9. The molecule has 0 radical (unpaired) electrons. The molecule has 0 aliphatic carbocycles. The molecule has 3 aromatic carbocycles. The summed E-state index contributed by atoms with van der Waals surface area (Å²) in [6, 6.07) is 21.8. The SMILES string of the molecule is Cc1ccc2nc(-c3ccc(NC(=O)CSCc4ccc(Cl)cc4)cc3)sc2c1. The van der Waals surface area contributed by atoms with Gasteiger partial charge < -0.3 is 5.32 Å². The van der Waals surface area contributed by atoms with Crippen molar-refractivity contribution in [3.8, 4) is 10.6 Å². The Kier molecular flexibility index (Phi) is 6.19. The fraction of sp³-hybridized carbons (Fsp3) is 0.130. The first-order valence-electron chi connectivity index (χ1n) is 9.16. The molecule has 146 valence electrons. The molecule has 0 saturated carbocycles. The van der Waals surface area contributed by atoms with E-state index in [1.165, 1.54) is 10.3 Å². The Hall–Kier alpha value is -2.34. The number of thiazole rings is 1. The highest BCUT2D eigenvalue weighted by molar-refractivity contribution is 7.99. The Morgan fingerprint density at radius 2 is 1.83 bits per heavy atom. The van der Waals surface area contributed by atoms with Crippen molar-refractivity contribution < 1.29 is 4.79 Å². The van der Waals surface area contributed by atoms with Gasteiger partial charge in [0, 0.05) is 22.0 Å². The highest BCUT2D eigenvalue weighted by Gasteiger charge is 2.08. The lowest BCUT2D eigenvalue weighted by molar-refractivity contribution is -0.113. The van der Waals surface area contributed by atoms with Crippen LogP contribution in [-0.2, 0) is 10.5 Å². The van der Waals surface area contributed by atoms with E-state index < -0.39 is 0 Å². The number of fused-ring (bicyclic) bond motifs is 1. The first kappa shape index (κ1) is 20.0. The van der Waals surface area contributed by atoms with Crippen LogP contribution in [0.25, 0.3) is 20.8 Å². The standard InChI is InChI=1S/C23H19ClN2OS2/c1-15-2-11-20-21(12-15)29-23(26-20)17-5-9-19(10-6-17)25-22(27)14-28-13-16-3-7-18(24)8-4-16/h2-12H,13-14H2,1H3,(H,25,27). The van der Waals surface area contributed by atoms with Crippen molar-refractivity contribution in [2.24, 2.45) is 0 Å². The number of carbonyl (C=O) groups excluding carboxylic acids is 1. The lowest BCUT2D eigenvalue weighted by Gasteiger charge is -2.06. The molecule has 0 saturated heterocycles. The number of amides is 1. The van der Waals surface area contributed by atoms with Crippen molar-refractivity contribution in [2.75, 3.05) is 11.1 Å². The highest BCUT2D eigenvalue weighted by atomic mass is 35.5. The van der Waals surface area contributed by atoms with Gasteiger partial charge in [-0.3, -0.25) is 4.79 Å². The van der Waals surface area contributed by atoms with Crippen LogP contribution in [0.15, 0.2) is 66.7 Å². The van der Waals surface area contributed by atoms with Crippen LogP contribution in [0.2, 0.25) is 5.02 Å². The summed E-state index contributed by atoms with van der Waals surface area (Å²) in [5.74, 6) is 1.18. The van der Waals surface area contributed by atoms with Crippen LogP contribution in [0.1, 0.15) is 11.1 Å². The maximum absolute atomic E-state index is 12.2. The average Bonchev–Trinajstić information content (AvgIpc) is 3.13. The number of halogens is 1. The molecule has 4 aromatic rings. The van der Waals surface area contributed by atoms with Gasteiger partial charge in [-0.1, -0.05) is 29.8 Å². The second kappa shape index (κ2) is 8.99. The van der Waals surface area contributed by atoms with Gasteiger partial charge in [-0.05, 0) is 66.6 Å². The average molecular weight is 439 g/mol. The summed E-state index contributed by atoms with van der Waals surface area (Å²) < 4.78 is 1.19. The van der Waals surface area contributed by atoms with Crippen LogP contribution in [0, 0.1) is 6.92 Å². The zero-order valence-electron chi connectivity index (χ0n) is 15.8. The predicted octanol–water partition coefficient (Wildman–Crippen LogP) is 6.80. The summed E-state index contributed by atoms with van der Waals surface area (Å²) in [6.45, 7) is 2.09. The molecule has 0 unspecified atom stereocenters. The first-order valence-corrected chi connectivity index (χ1v) is 11.5. The van der Waals surface area contributed by atoms with Crippen molar-refractivity contribution >= 4 is 56.5 Å². The van der Waals surface area contributed by atoms with E-state index in [0.717, 1.165) is 38.1 Å². The first-order chi connectivity index (χ1) is 14.1. The van der Waals surface area contributed by atoms with E-state index in [9.17, 15) is 4.79 Å². The van der Waals surface area contributed by atoms with Crippen LogP contribution >= 0.6 is 34.7 Å². The predicted molar refractivity (Wildman–Crippen MR) is 126 cm³/mol. The van der Waals surface area contributed by atoms with Crippen molar-refractivity contribution in [2.45, 2.75) is 12.7 Å². The van der Waals surface area contributed by atoms with E-state index in [1.54, 1.807) is 23.1 Å². The molecule has 1 aromatic heterocycles. The fourth-order valence-corrected chi connectivity index (χ4v) is 4.87.